The molecule has 0 aliphatic heterocycles. The van der Waals surface area contributed by atoms with Crippen LogP contribution in [0.25, 0.3) is 0 Å². The molecule has 3 aliphatic rings. The molecule has 0 aromatic carbocycles. The molecular weight excluding hydrogens is 148 g/mol. The van der Waals surface area contributed by atoms with Crippen LogP contribution in [0.5, 0.6) is 0 Å². The highest BCUT2D eigenvalue weighted by Crippen LogP contribution is 2.58. The average Bonchev–Trinajstić information content (AvgIpc) is 2.69. The Morgan fingerprint density at radius 1 is 1.42 bits per heavy atom. The van der Waals surface area contributed by atoms with Crippen LogP contribution in [0.15, 0.2) is 12.2 Å². The van der Waals surface area contributed by atoms with Gasteiger partial charge in [0.05, 0.1) is 0 Å². The Labute approximate surface area is 72.8 Å². The summed E-state index contributed by atoms with van der Waals surface area (Å²) in [5.41, 5.74) is 0.138. The third-order valence-corrected chi connectivity index (χ3v) is 4.09. The number of fused-ring (bicyclic) bond motifs is 3. The second kappa shape index (κ2) is 2.01. The molecule has 3 rings (SSSR count). The highest BCUT2D eigenvalue weighted by Gasteiger charge is 2.54. The second-order valence-electron chi connectivity index (χ2n) is 4.62. The predicted octanol–water partition coefficient (Wildman–Crippen LogP) is 2.32. The first-order valence-electron chi connectivity index (χ1n) is 5.03. The van der Waals surface area contributed by atoms with Gasteiger partial charge < -0.3 is 0 Å². The Morgan fingerprint density at radius 3 is 2.83 bits per heavy atom. The quantitative estimate of drug-likeness (QED) is 0.499. The fourth-order valence-corrected chi connectivity index (χ4v) is 3.52. The molecule has 0 saturated heterocycles. The molecule has 3 aliphatic carbocycles. The van der Waals surface area contributed by atoms with Crippen LogP contribution in [-0.2, 0) is 4.79 Å². The van der Waals surface area contributed by atoms with Crippen LogP contribution in [0, 0.1) is 17.3 Å². The van der Waals surface area contributed by atoms with Crippen molar-refractivity contribution in [2.75, 3.05) is 0 Å². The van der Waals surface area contributed by atoms with Gasteiger partial charge in [0.1, 0.15) is 5.78 Å². The van der Waals surface area contributed by atoms with Crippen molar-refractivity contribution in [3.8, 4) is 0 Å². The minimum atomic E-state index is 0.138. The van der Waals surface area contributed by atoms with Crippen molar-refractivity contribution >= 4 is 5.78 Å². The first-order valence-corrected chi connectivity index (χ1v) is 5.03. The van der Waals surface area contributed by atoms with Gasteiger partial charge in [-0.3, -0.25) is 4.79 Å². The lowest BCUT2D eigenvalue weighted by Crippen LogP contribution is -2.29. The summed E-state index contributed by atoms with van der Waals surface area (Å²) in [5.74, 6) is 1.94. The van der Waals surface area contributed by atoms with Gasteiger partial charge in [-0.15, -0.1) is 0 Å². The van der Waals surface area contributed by atoms with E-state index in [0.717, 1.165) is 18.8 Å². The maximum Gasteiger partial charge on any atom is 0.139 e. The molecule has 2 fully saturated rings. The molecule has 0 N–H and O–H groups in total. The van der Waals surface area contributed by atoms with Crippen molar-refractivity contribution in [1.29, 1.82) is 0 Å². The van der Waals surface area contributed by atoms with Crippen molar-refractivity contribution in [3.05, 3.63) is 12.2 Å². The summed E-state index contributed by atoms with van der Waals surface area (Å²) < 4.78 is 0. The topological polar surface area (TPSA) is 17.1 Å². The van der Waals surface area contributed by atoms with Crippen LogP contribution in [0.2, 0.25) is 0 Å². The summed E-state index contributed by atoms with van der Waals surface area (Å²) in [6.45, 7) is 0. The molecule has 64 valence electrons. The lowest BCUT2D eigenvalue weighted by molar-refractivity contribution is -0.127. The summed E-state index contributed by atoms with van der Waals surface area (Å²) >= 11 is 0. The molecule has 12 heavy (non-hydrogen) atoms. The zero-order chi connectivity index (χ0) is 8.18. The molecule has 0 heterocycles. The van der Waals surface area contributed by atoms with Crippen LogP contribution in [0.3, 0.4) is 0 Å². The number of ketones is 1. The number of hydrogen-bond donors (Lipinski definition) is 0. The lowest BCUT2D eigenvalue weighted by atomic mass is 9.74. The molecule has 1 unspecified atom stereocenters. The van der Waals surface area contributed by atoms with E-state index in [1.807, 2.05) is 0 Å². The molecular formula is C11H14O. The highest BCUT2D eigenvalue weighted by molar-refractivity contribution is 5.88. The Kier molecular flexibility index (Phi) is 1.15. The van der Waals surface area contributed by atoms with E-state index in [-0.39, 0.29) is 5.41 Å². The first kappa shape index (κ1) is 6.88. The lowest BCUT2D eigenvalue weighted by Gasteiger charge is -2.28. The number of allylic oxidation sites excluding steroid dienone is 2. The monoisotopic (exact) mass is 162 g/mol. The Bertz CT molecular complexity index is 266. The van der Waals surface area contributed by atoms with Crippen molar-refractivity contribution in [2.45, 2.75) is 32.1 Å². The van der Waals surface area contributed by atoms with Crippen LogP contribution >= 0.6 is 0 Å². The average molecular weight is 162 g/mol. The molecule has 0 radical (unpaired) electrons. The summed E-state index contributed by atoms with van der Waals surface area (Å²) in [6.07, 6.45) is 10.3. The largest absolute Gasteiger partial charge is 0.299 e. The summed E-state index contributed by atoms with van der Waals surface area (Å²) in [5, 5.41) is 0. The maximum atomic E-state index is 11.8. The number of Topliss-reactive ketones (excluding diaryl/α,β-unsaturated/α-hetero) is 1. The number of rotatable bonds is 0. The van der Waals surface area contributed by atoms with Gasteiger partial charge in [-0.1, -0.05) is 12.2 Å². The van der Waals surface area contributed by atoms with Gasteiger partial charge >= 0.3 is 0 Å². The number of carbonyl (C=O) groups excluding carboxylic acids is 1. The molecule has 3 atom stereocenters. The maximum absolute atomic E-state index is 11.8. The minimum Gasteiger partial charge on any atom is -0.299 e. The molecule has 2 saturated carbocycles. The third-order valence-electron chi connectivity index (χ3n) is 4.09. The zero-order valence-electron chi connectivity index (χ0n) is 7.25. The van der Waals surface area contributed by atoms with E-state index >= 15 is 0 Å². The van der Waals surface area contributed by atoms with Crippen molar-refractivity contribution in [2.24, 2.45) is 17.3 Å². The van der Waals surface area contributed by atoms with Crippen LogP contribution in [0.1, 0.15) is 32.1 Å². The molecule has 0 aromatic heterocycles. The van der Waals surface area contributed by atoms with Gasteiger partial charge in [0, 0.05) is 11.8 Å². The van der Waals surface area contributed by atoms with E-state index in [4.69, 9.17) is 0 Å². The highest BCUT2D eigenvalue weighted by atomic mass is 16.1. The summed E-state index contributed by atoms with van der Waals surface area (Å²) in [7, 11) is 0. The van der Waals surface area contributed by atoms with Crippen molar-refractivity contribution < 1.29 is 4.79 Å². The Balaban J connectivity index is 2.02. The van der Waals surface area contributed by atoms with Gasteiger partial charge in [-0.05, 0) is 37.5 Å². The van der Waals surface area contributed by atoms with Crippen molar-refractivity contribution in [1.82, 2.24) is 0 Å². The molecule has 0 amide bonds. The van der Waals surface area contributed by atoms with Gasteiger partial charge in [0.2, 0.25) is 0 Å². The minimum absolute atomic E-state index is 0.138. The van der Waals surface area contributed by atoms with Crippen LogP contribution < -0.4 is 0 Å². The summed E-state index contributed by atoms with van der Waals surface area (Å²) in [6, 6.07) is 0. The fraction of sp³-hybridized carbons (Fsp3) is 0.727. The first-order chi connectivity index (χ1) is 5.81. The normalized spacial score (nSPS) is 49.8. The molecule has 2 bridgehead atoms. The van der Waals surface area contributed by atoms with E-state index in [1.165, 1.54) is 19.3 Å². The van der Waals surface area contributed by atoms with E-state index in [2.05, 4.69) is 12.2 Å². The fourth-order valence-electron chi connectivity index (χ4n) is 3.52. The molecule has 1 heteroatoms. The van der Waals surface area contributed by atoms with E-state index < -0.39 is 0 Å². The zero-order valence-corrected chi connectivity index (χ0v) is 7.25. The van der Waals surface area contributed by atoms with Gasteiger partial charge in [0.25, 0.3) is 0 Å². The standard InChI is InChI=1S/C11H14O/c12-10-2-1-5-11(10)7-8-3-4-9(11)6-8/h3-4,8-9H,1-2,5-7H2/t8-,9+,11?/m0/s1. The smallest absolute Gasteiger partial charge is 0.139 e. The SMILES string of the molecule is O=C1CCCC12C[C@H]1C=C[C@@H]2C1. The second-order valence-corrected chi connectivity index (χ2v) is 4.62. The van der Waals surface area contributed by atoms with Crippen molar-refractivity contribution in [3.63, 3.8) is 0 Å². The molecule has 1 spiro atoms. The van der Waals surface area contributed by atoms with Gasteiger partial charge in [0.15, 0.2) is 0 Å². The van der Waals surface area contributed by atoms with E-state index in [0.29, 0.717) is 11.7 Å². The van der Waals surface area contributed by atoms with Crippen LogP contribution in [-0.4, -0.2) is 5.78 Å². The molecule has 1 nitrogen and oxygen atoms in total. The molecule has 0 aromatic rings. The van der Waals surface area contributed by atoms with Gasteiger partial charge in [-0.25, -0.2) is 0 Å². The summed E-state index contributed by atoms with van der Waals surface area (Å²) in [4.78, 5) is 11.8. The van der Waals surface area contributed by atoms with Gasteiger partial charge in [-0.2, -0.15) is 0 Å². The third kappa shape index (κ3) is 0.634. The van der Waals surface area contributed by atoms with E-state index in [1.54, 1.807) is 0 Å². The predicted molar refractivity (Wildman–Crippen MR) is 46.6 cm³/mol. The Morgan fingerprint density at radius 2 is 2.33 bits per heavy atom. The van der Waals surface area contributed by atoms with Crippen LogP contribution in [0.4, 0.5) is 0 Å². The van der Waals surface area contributed by atoms with E-state index in [9.17, 15) is 4.79 Å². The number of hydrogen-bond acceptors (Lipinski definition) is 1. The Hall–Kier alpha value is -0.590. The number of carbonyl (C=O) groups is 1.